The van der Waals surface area contributed by atoms with E-state index in [0.29, 0.717) is 5.95 Å². The molecule has 0 aliphatic rings. The molecule has 6 nitrogen and oxygen atoms in total. The highest BCUT2D eigenvalue weighted by Crippen LogP contribution is 2.18. The lowest BCUT2D eigenvalue weighted by Gasteiger charge is -2.02. The van der Waals surface area contributed by atoms with Crippen molar-refractivity contribution < 1.29 is 0 Å². The van der Waals surface area contributed by atoms with Crippen LogP contribution < -0.4 is 5.32 Å². The fourth-order valence-corrected chi connectivity index (χ4v) is 1.59. The predicted molar refractivity (Wildman–Crippen MR) is 61.1 cm³/mol. The maximum Gasteiger partial charge on any atom is 0.232 e. The maximum absolute atomic E-state index is 5.65. The second kappa shape index (κ2) is 4.23. The number of nitrogens with one attached hydrogen (secondary N) is 1. The van der Waals surface area contributed by atoms with Crippen molar-refractivity contribution in [1.82, 2.24) is 24.7 Å². The van der Waals surface area contributed by atoms with Crippen LogP contribution in [0.4, 0.5) is 11.6 Å². The third kappa shape index (κ3) is 2.40. The summed E-state index contributed by atoms with van der Waals surface area (Å²) in [6.45, 7) is 1.87. The highest BCUT2D eigenvalue weighted by atomic mass is 35.5. The van der Waals surface area contributed by atoms with Crippen molar-refractivity contribution in [2.24, 2.45) is 7.05 Å². The van der Waals surface area contributed by atoms with Gasteiger partial charge in [-0.15, -0.1) is 0 Å². The lowest BCUT2D eigenvalue weighted by Crippen LogP contribution is -1.99. The molecule has 0 saturated carbocycles. The second-order valence-electron chi connectivity index (χ2n) is 3.12. The first-order valence-corrected chi connectivity index (χ1v) is 5.14. The first-order chi connectivity index (χ1) is 7.54. The van der Waals surface area contributed by atoms with E-state index in [9.17, 15) is 0 Å². The van der Waals surface area contributed by atoms with Gasteiger partial charge in [-0.05, 0) is 30.1 Å². The van der Waals surface area contributed by atoms with Gasteiger partial charge in [0.25, 0.3) is 0 Å². The summed E-state index contributed by atoms with van der Waals surface area (Å²) in [6.07, 6.45) is 1.81. The molecule has 2 rings (SSSR count). The predicted octanol–water partition coefficient (Wildman–Crippen LogP) is 1.96. The first-order valence-electron chi connectivity index (χ1n) is 4.39. The molecule has 2 heterocycles. The van der Waals surface area contributed by atoms with Crippen molar-refractivity contribution in [3.05, 3.63) is 22.5 Å². The number of rotatable bonds is 2. The molecule has 0 bridgehead atoms. The summed E-state index contributed by atoms with van der Waals surface area (Å²) >= 11 is 11.3. The Morgan fingerprint density at radius 1 is 1.19 bits per heavy atom. The Labute approximate surface area is 102 Å². The van der Waals surface area contributed by atoms with E-state index in [1.54, 1.807) is 10.9 Å². The monoisotopic (exact) mass is 258 g/mol. The van der Waals surface area contributed by atoms with Crippen LogP contribution in [0.25, 0.3) is 0 Å². The summed E-state index contributed by atoms with van der Waals surface area (Å²) in [5.74, 6) is 0.293. The minimum absolute atomic E-state index is 0.0454. The van der Waals surface area contributed by atoms with E-state index in [4.69, 9.17) is 23.2 Å². The molecule has 0 spiro atoms. The van der Waals surface area contributed by atoms with Crippen molar-refractivity contribution in [3.63, 3.8) is 0 Å². The van der Waals surface area contributed by atoms with Crippen molar-refractivity contribution in [1.29, 1.82) is 0 Å². The van der Waals surface area contributed by atoms with Crippen LogP contribution in [0.5, 0.6) is 0 Å². The zero-order valence-corrected chi connectivity index (χ0v) is 10.1. The molecule has 0 unspecified atom stereocenters. The highest BCUT2D eigenvalue weighted by Gasteiger charge is 2.07. The van der Waals surface area contributed by atoms with Crippen LogP contribution >= 0.6 is 23.2 Å². The molecular weight excluding hydrogens is 251 g/mol. The number of halogens is 2. The Morgan fingerprint density at radius 3 is 2.31 bits per heavy atom. The molecule has 0 aliphatic heterocycles. The molecule has 0 saturated heterocycles. The van der Waals surface area contributed by atoms with Crippen LogP contribution in [0.15, 0.2) is 6.20 Å². The van der Waals surface area contributed by atoms with E-state index >= 15 is 0 Å². The van der Waals surface area contributed by atoms with Crippen LogP contribution in [0, 0.1) is 6.92 Å². The summed E-state index contributed by atoms with van der Waals surface area (Å²) < 4.78 is 1.68. The Hall–Kier alpha value is -1.40. The van der Waals surface area contributed by atoms with Gasteiger partial charge < -0.3 is 5.32 Å². The summed E-state index contributed by atoms with van der Waals surface area (Å²) in [5.41, 5.74) is 1.62. The topological polar surface area (TPSA) is 68.5 Å². The van der Waals surface area contributed by atoms with E-state index in [1.165, 1.54) is 0 Å². The van der Waals surface area contributed by atoms with E-state index < -0.39 is 0 Å². The molecule has 0 fully saturated rings. The van der Waals surface area contributed by atoms with Crippen LogP contribution in [0.3, 0.4) is 0 Å². The molecule has 0 amide bonds. The zero-order valence-electron chi connectivity index (χ0n) is 8.57. The van der Waals surface area contributed by atoms with Gasteiger partial charge in [-0.2, -0.15) is 20.1 Å². The second-order valence-corrected chi connectivity index (χ2v) is 3.80. The fourth-order valence-electron chi connectivity index (χ4n) is 1.22. The van der Waals surface area contributed by atoms with Crippen molar-refractivity contribution in [2.45, 2.75) is 6.92 Å². The molecule has 2 aromatic heterocycles. The SMILES string of the molecule is Cc1nn(C)cc1Nc1nc(Cl)nc(Cl)n1. The standard InChI is InChI=1S/C8H8Cl2N6/c1-4-5(3-16(2)15-4)11-8-13-6(9)12-7(10)14-8/h3H,1-2H3,(H,11,12,13,14). The van der Waals surface area contributed by atoms with Gasteiger partial charge in [-0.3, -0.25) is 4.68 Å². The first kappa shape index (κ1) is 11.1. The minimum Gasteiger partial charge on any atom is -0.321 e. The molecule has 0 atom stereocenters. The average molecular weight is 259 g/mol. The minimum atomic E-state index is 0.0454. The highest BCUT2D eigenvalue weighted by molar-refractivity contribution is 6.31. The van der Waals surface area contributed by atoms with Crippen LogP contribution in [-0.4, -0.2) is 24.7 Å². The van der Waals surface area contributed by atoms with Crippen LogP contribution in [0.2, 0.25) is 10.6 Å². The third-order valence-corrected chi connectivity index (χ3v) is 2.18. The largest absolute Gasteiger partial charge is 0.321 e. The van der Waals surface area contributed by atoms with Gasteiger partial charge in [-0.25, -0.2) is 0 Å². The zero-order chi connectivity index (χ0) is 11.7. The van der Waals surface area contributed by atoms with E-state index in [1.807, 2.05) is 14.0 Å². The number of aryl methyl sites for hydroxylation is 2. The molecular formula is C8H8Cl2N6. The number of anilines is 2. The van der Waals surface area contributed by atoms with Crippen molar-refractivity contribution in [3.8, 4) is 0 Å². The molecule has 0 aliphatic carbocycles. The van der Waals surface area contributed by atoms with Gasteiger partial charge in [0, 0.05) is 13.2 Å². The molecule has 0 aromatic carbocycles. The quantitative estimate of drug-likeness (QED) is 0.892. The van der Waals surface area contributed by atoms with Gasteiger partial charge in [0.1, 0.15) is 0 Å². The number of hydrogen-bond acceptors (Lipinski definition) is 5. The Bertz CT molecular complexity index is 503. The normalized spacial score (nSPS) is 10.5. The number of aromatic nitrogens is 5. The summed E-state index contributed by atoms with van der Waals surface area (Å²) in [7, 11) is 1.82. The number of hydrogen-bond donors (Lipinski definition) is 1. The number of nitrogens with zero attached hydrogens (tertiary/aromatic N) is 5. The van der Waals surface area contributed by atoms with Gasteiger partial charge in [-0.1, -0.05) is 0 Å². The maximum atomic E-state index is 5.65. The van der Waals surface area contributed by atoms with Gasteiger partial charge in [0.2, 0.25) is 16.5 Å². The molecule has 8 heteroatoms. The lowest BCUT2D eigenvalue weighted by molar-refractivity contribution is 0.756. The smallest absolute Gasteiger partial charge is 0.232 e. The van der Waals surface area contributed by atoms with E-state index in [2.05, 4.69) is 25.4 Å². The summed E-state index contributed by atoms with van der Waals surface area (Å²) in [5, 5.41) is 7.22. The molecule has 16 heavy (non-hydrogen) atoms. The molecule has 0 radical (unpaired) electrons. The Kier molecular flexibility index (Phi) is 2.93. The van der Waals surface area contributed by atoms with Gasteiger partial charge in [0.15, 0.2) is 0 Å². The third-order valence-electron chi connectivity index (χ3n) is 1.84. The van der Waals surface area contributed by atoms with E-state index in [0.717, 1.165) is 11.4 Å². The van der Waals surface area contributed by atoms with Crippen molar-refractivity contribution >= 4 is 34.8 Å². The van der Waals surface area contributed by atoms with Crippen LogP contribution in [0.1, 0.15) is 5.69 Å². The average Bonchev–Trinajstić information content (AvgIpc) is 2.43. The van der Waals surface area contributed by atoms with Crippen LogP contribution in [-0.2, 0) is 7.05 Å². The molecule has 1 N–H and O–H groups in total. The van der Waals surface area contributed by atoms with E-state index in [-0.39, 0.29) is 10.6 Å². The molecule has 84 valence electrons. The Morgan fingerprint density at radius 2 is 1.81 bits per heavy atom. The summed E-state index contributed by atoms with van der Waals surface area (Å²) in [4.78, 5) is 11.4. The van der Waals surface area contributed by atoms with Gasteiger partial charge >= 0.3 is 0 Å². The van der Waals surface area contributed by atoms with Gasteiger partial charge in [0.05, 0.1) is 11.4 Å². The lowest BCUT2D eigenvalue weighted by atomic mass is 10.4. The van der Waals surface area contributed by atoms with Crippen molar-refractivity contribution in [2.75, 3.05) is 5.32 Å². The Balaban J connectivity index is 2.30. The summed E-state index contributed by atoms with van der Waals surface area (Å²) in [6, 6.07) is 0. The molecule has 2 aromatic rings. The fraction of sp³-hybridized carbons (Fsp3) is 0.250.